The molecule has 0 bridgehead atoms. The number of hydrogen-bond acceptors (Lipinski definition) is 4. The second-order valence-corrected chi connectivity index (χ2v) is 6.54. The third-order valence-electron chi connectivity index (χ3n) is 4.01. The first-order valence-corrected chi connectivity index (χ1v) is 8.72. The molecule has 0 radical (unpaired) electrons. The van der Waals surface area contributed by atoms with Crippen LogP contribution in [0.4, 0.5) is 0 Å². The fourth-order valence-corrected chi connectivity index (χ4v) is 3.49. The minimum absolute atomic E-state index is 0.128. The molecule has 1 aromatic heterocycles. The van der Waals surface area contributed by atoms with Gasteiger partial charge in [-0.3, -0.25) is 0 Å². The van der Waals surface area contributed by atoms with Gasteiger partial charge < -0.3 is 10.2 Å². The Kier molecular flexibility index (Phi) is 3.96. The minimum atomic E-state index is -0.138. The van der Waals surface area contributed by atoms with Crippen LogP contribution in [0.25, 0.3) is 33.0 Å². The van der Waals surface area contributed by atoms with Crippen LogP contribution in [0, 0.1) is 0 Å². The van der Waals surface area contributed by atoms with Crippen molar-refractivity contribution in [1.29, 1.82) is 0 Å². The molecule has 0 atom stereocenters. The van der Waals surface area contributed by atoms with Crippen LogP contribution in [-0.4, -0.2) is 15.2 Å². The summed E-state index contributed by atoms with van der Waals surface area (Å²) in [6.45, 7) is 0. The number of rotatable bonds is 3. The summed E-state index contributed by atoms with van der Waals surface area (Å²) in [5.74, 6) is -0.265. The number of nitrogens with zero attached hydrogens (tertiary/aromatic N) is 1. The summed E-state index contributed by atoms with van der Waals surface area (Å²) >= 11 is 1.51. The van der Waals surface area contributed by atoms with E-state index in [0.717, 1.165) is 21.8 Å². The van der Waals surface area contributed by atoms with Crippen LogP contribution >= 0.6 is 11.3 Å². The molecule has 4 heteroatoms. The fourth-order valence-electron chi connectivity index (χ4n) is 2.66. The molecular formula is C21H15NO2S. The average molecular weight is 345 g/mol. The van der Waals surface area contributed by atoms with Crippen molar-refractivity contribution < 1.29 is 10.2 Å². The Morgan fingerprint density at radius 1 is 0.640 bits per heavy atom. The largest absolute Gasteiger partial charge is 0.504 e. The van der Waals surface area contributed by atoms with E-state index in [4.69, 9.17) is 0 Å². The van der Waals surface area contributed by atoms with Gasteiger partial charge in [-0.15, -0.1) is 11.3 Å². The highest BCUT2D eigenvalue weighted by molar-refractivity contribution is 7.13. The van der Waals surface area contributed by atoms with Crippen LogP contribution in [0.3, 0.4) is 0 Å². The molecule has 2 N–H and O–H groups in total. The number of aromatic hydroxyl groups is 2. The summed E-state index contributed by atoms with van der Waals surface area (Å²) in [5, 5.41) is 21.9. The highest BCUT2D eigenvalue weighted by atomic mass is 32.1. The summed E-state index contributed by atoms with van der Waals surface area (Å²) in [6.07, 6.45) is 0. The quantitative estimate of drug-likeness (QED) is 0.478. The van der Waals surface area contributed by atoms with Gasteiger partial charge in [0.15, 0.2) is 11.5 Å². The Labute approximate surface area is 149 Å². The van der Waals surface area contributed by atoms with E-state index < -0.39 is 0 Å². The van der Waals surface area contributed by atoms with Crippen LogP contribution in [0.2, 0.25) is 0 Å². The van der Waals surface area contributed by atoms with Gasteiger partial charge in [0, 0.05) is 16.5 Å². The summed E-state index contributed by atoms with van der Waals surface area (Å²) in [5.41, 5.74) is 5.08. The molecule has 0 unspecified atom stereocenters. The first kappa shape index (κ1) is 15.4. The molecule has 3 nitrogen and oxygen atoms in total. The van der Waals surface area contributed by atoms with Crippen LogP contribution < -0.4 is 0 Å². The average Bonchev–Trinajstić information content (AvgIpc) is 3.15. The molecular weight excluding hydrogens is 330 g/mol. The Morgan fingerprint density at radius 3 is 2.00 bits per heavy atom. The number of benzene rings is 3. The predicted molar refractivity (Wildman–Crippen MR) is 102 cm³/mol. The lowest BCUT2D eigenvalue weighted by atomic mass is 10.0. The molecule has 4 aromatic rings. The van der Waals surface area contributed by atoms with Gasteiger partial charge in [-0.25, -0.2) is 4.98 Å². The standard InChI is InChI=1S/C21H15NO2S/c23-19-11-10-17(12-20(19)24)21-22-18(13-25-21)16-8-6-15(7-9-16)14-4-2-1-3-5-14/h1-13,23-24H. The zero-order valence-electron chi connectivity index (χ0n) is 13.3. The van der Waals surface area contributed by atoms with Crippen molar-refractivity contribution >= 4 is 11.3 Å². The van der Waals surface area contributed by atoms with Gasteiger partial charge in [0.25, 0.3) is 0 Å². The van der Waals surface area contributed by atoms with Crippen LogP contribution in [0.5, 0.6) is 11.5 Å². The molecule has 0 fully saturated rings. The Balaban J connectivity index is 1.63. The lowest BCUT2D eigenvalue weighted by molar-refractivity contribution is 0.404. The van der Waals surface area contributed by atoms with Gasteiger partial charge in [-0.2, -0.15) is 0 Å². The van der Waals surface area contributed by atoms with Gasteiger partial charge in [-0.05, 0) is 29.3 Å². The molecule has 0 aliphatic carbocycles. The first-order chi connectivity index (χ1) is 12.2. The topological polar surface area (TPSA) is 53.4 Å². The van der Waals surface area contributed by atoms with E-state index in [0.29, 0.717) is 0 Å². The van der Waals surface area contributed by atoms with E-state index in [9.17, 15) is 10.2 Å². The Bertz CT molecular complexity index is 1010. The summed E-state index contributed by atoms with van der Waals surface area (Å²) in [4.78, 5) is 4.65. The minimum Gasteiger partial charge on any atom is -0.504 e. The Morgan fingerprint density at radius 2 is 1.28 bits per heavy atom. The van der Waals surface area contributed by atoms with Crippen molar-refractivity contribution in [3.8, 4) is 44.5 Å². The maximum Gasteiger partial charge on any atom is 0.158 e. The molecule has 25 heavy (non-hydrogen) atoms. The Hall–Kier alpha value is -3.11. The summed E-state index contributed by atoms with van der Waals surface area (Å²) in [7, 11) is 0. The van der Waals surface area contributed by atoms with Crippen molar-refractivity contribution in [3.05, 3.63) is 78.2 Å². The van der Waals surface area contributed by atoms with E-state index in [2.05, 4.69) is 41.4 Å². The van der Waals surface area contributed by atoms with Crippen molar-refractivity contribution in [3.63, 3.8) is 0 Å². The maximum atomic E-state index is 9.65. The van der Waals surface area contributed by atoms with Crippen molar-refractivity contribution in [1.82, 2.24) is 4.98 Å². The highest BCUT2D eigenvalue weighted by Gasteiger charge is 2.09. The van der Waals surface area contributed by atoms with Gasteiger partial charge in [0.1, 0.15) is 5.01 Å². The highest BCUT2D eigenvalue weighted by Crippen LogP contribution is 2.34. The number of thiazole rings is 1. The number of phenolic OH excluding ortho intramolecular Hbond substituents is 2. The number of phenols is 2. The molecule has 0 spiro atoms. The summed E-state index contributed by atoms with van der Waals surface area (Å²) in [6, 6.07) is 23.3. The smallest absolute Gasteiger partial charge is 0.158 e. The molecule has 1 heterocycles. The lowest BCUT2D eigenvalue weighted by Crippen LogP contribution is -1.81. The molecule has 0 saturated heterocycles. The van der Waals surface area contributed by atoms with Gasteiger partial charge in [-0.1, -0.05) is 54.6 Å². The van der Waals surface area contributed by atoms with E-state index in [1.807, 2.05) is 23.6 Å². The van der Waals surface area contributed by atoms with E-state index in [1.165, 1.54) is 34.6 Å². The maximum absolute atomic E-state index is 9.65. The van der Waals surface area contributed by atoms with Crippen LogP contribution in [0.15, 0.2) is 78.2 Å². The van der Waals surface area contributed by atoms with Gasteiger partial charge >= 0.3 is 0 Å². The lowest BCUT2D eigenvalue weighted by Gasteiger charge is -2.03. The molecule has 122 valence electrons. The second kappa shape index (κ2) is 6.42. The fraction of sp³-hybridized carbons (Fsp3) is 0. The second-order valence-electron chi connectivity index (χ2n) is 5.68. The third kappa shape index (κ3) is 3.12. The molecule has 0 aliphatic heterocycles. The molecule has 0 aliphatic rings. The van der Waals surface area contributed by atoms with Crippen molar-refractivity contribution in [2.24, 2.45) is 0 Å². The van der Waals surface area contributed by atoms with Crippen LogP contribution in [0.1, 0.15) is 0 Å². The molecule has 0 saturated carbocycles. The molecule has 0 amide bonds. The van der Waals surface area contributed by atoms with E-state index in [-0.39, 0.29) is 11.5 Å². The van der Waals surface area contributed by atoms with Crippen molar-refractivity contribution in [2.75, 3.05) is 0 Å². The first-order valence-electron chi connectivity index (χ1n) is 7.84. The predicted octanol–water partition coefficient (Wildman–Crippen LogP) is 5.56. The zero-order chi connectivity index (χ0) is 17.2. The molecule has 4 rings (SSSR count). The van der Waals surface area contributed by atoms with Crippen LogP contribution in [-0.2, 0) is 0 Å². The summed E-state index contributed by atoms with van der Waals surface area (Å²) < 4.78 is 0. The monoisotopic (exact) mass is 345 g/mol. The molecule has 3 aromatic carbocycles. The number of aromatic nitrogens is 1. The SMILES string of the molecule is Oc1ccc(-c2nc(-c3ccc(-c4ccccc4)cc3)cs2)cc1O. The van der Waals surface area contributed by atoms with E-state index >= 15 is 0 Å². The van der Waals surface area contributed by atoms with Crippen molar-refractivity contribution in [2.45, 2.75) is 0 Å². The zero-order valence-corrected chi connectivity index (χ0v) is 14.1. The van der Waals surface area contributed by atoms with E-state index in [1.54, 1.807) is 6.07 Å². The van der Waals surface area contributed by atoms with Gasteiger partial charge in [0.2, 0.25) is 0 Å². The van der Waals surface area contributed by atoms with Gasteiger partial charge in [0.05, 0.1) is 5.69 Å². The number of hydrogen-bond donors (Lipinski definition) is 2. The third-order valence-corrected chi connectivity index (χ3v) is 4.91. The normalized spacial score (nSPS) is 10.7.